The third-order valence-corrected chi connectivity index (χ3v) is 6.52. The minimum absolute atomic E-state index is 0.0389. The Balaban J connectivity index is 1.55. The summed E-state index contributed by atoms with van der Waals surface area (Å²) in [5, 5.41) is 3.95. The number of thiophene rings is 1. The summed E-state index contributed by atoms with van der Waals surface area (Å²) in [6.45, 7) is 6.21. The van der Waals surface area contributed by atoms with Gasteiger partial charge in [-0.25, -0.2) is 4.79 Å². The number of aryl methyl sites for hydroxylation is 1. The van der Waals surface area contributed by atoms with Crippen LogP contribution in [0, 0.1) is 13.8 Å². The van der Waals surface area contributed by atoms with E-state index in [2.05, 4.69) is 5.32 Å². The summed E-state index contributed by atoms with van der Waals surface area (Å²) in [7, 11) is 1.32. The zero-order chi connectivity index (χ0) is 21.8. The molecule has 7 nitrogen and oxygen atoms in total. The summed E-state index contributed by atoms with van der Waals surface area (Å²) >= 11 is 7.24. The van der Waals surface area contributed by atoms with Gasteiger partial charge in [0, 0.05) is 41.6 Å². The molecule has 0 bridgehead atoms. The Bertz CT molecular complexity index is 950. The predicted molar refractivity (Wildman–Crippen MR) is 118 cm³/mol. The van der Waals surface area contributed by atoms with Crippen LogP contribution >= 0.6 is 22.9 Å². The molecule has 2 heterocycles. The molecule has 2 amide bonds. The molecule has 1 N–H and O–H groups in total. The average molecular weight is 450 g/mol. The number of amides is 2. The van der Waals surface area contributed by atoms with Crippen molar-refractivity contribution in [3.05, 3.63) is 50.9 Å². The Morgan fingerprint density at radius 1 is 1.10 bits per heavy atom. The molecule has 1 aromatic heterocycles. The maximum atomic E-state index is 12.6. The Morgan fingerprint density at radius 2 is 1.73 bits per heavy atom. The molecular weight excluding hydrogens is 426 g/mol. The molecule has 0 spiro atoms. The summed E-state index contributed by atoms with van der Waals surface area (Å²) in [6, 6.07) is 6.83. The molecule has 30 heavy (non-hydrogen) atoms. The van der Waals surface area contributed by atoms with Gasteiger partial charge >= 0.3 is 5.97 Å². The molecule has 1 aliphatic rings. The van der Waals surface area contributed by atoms with Gasteiger partial charge in [0.25, 0.3) is 5.91 Å². The summed E-state index contributed by atoms with van der Waals surface area (Å²) in [4.78, 5) is 41.9. The second kappa shape index (κ2) is 9.59. The van der Waals surface area contributed by atoms with Gasteiger partial charge in [-0.05, 0) is 43.7 Å². The molecule has 0 radical (unpaired) electrons. The largest absolute Gasteiger partial charge is 0.465 e. The van der Waals surface area contributed by atoms with Gasteiger partial charge in [-0.3, -0.25) is 14.5 Å². The van der Waals surface area contributed by atoms with Crippen molar-refractivity contribution in [2.75, 3.05) is 45.2 Å². The lowest BCUT2D eigenvalue weighted by molar-refractivity contribution is -0.117. The molecule has 1 aromatic carbocycles. The summed E-state index contributed by atoms with van der Waals surface area (Å²) in [5.41, 5.74) is 1.83. The fourth-order valence-corrected chi connectivity index (χ4v) is 4.51. The van der Waals surface area contributed by atoms with Crippen LogP contribution in [-0.4, -0.2) is 67.4 Å². The van der Waals surface area contributed by atoms with E-state index in [-0.39, 0.29) is 18.4 Å². The van der Waals surface area contributed by atoms with Crippen molar-refractivity contribution in [1.29, 1.82) is 0 Å². The van der Waals surface area contributed by atoms with E-state index in [1.807, 2.05) is 18.7 Å². The minimum atomic E-state index is -0.457. The normalized spacial score (nSPS) is 14.5. The molecule has 2 aromatic rings. The predicted octanol–water partition coefficient (Wildman–Crippen LogP) is 3.20. The number of hydrogen-bond acceptors (Lipinski definition) is 6. The lowest BCUT2D eigenvalue weighted by atomic mass is 10.1. The summed E-state index contributed by atoms with van der Waals surface area (Å²) in [5.74, 6) is -0.691. The van der Waals surface area contributed by atoms with E-state index in [1.54, 1.807) is 29.2 Å². The molecule has 0 atom stereocenters. The molecule has 160 valence electrons. The second-order valence-electron chi connectivity index (χ2n) is 7.10. The molecular formula is C21H24ClN3O4S. The summed E-state index contributed by atoms with van der Waals surface area (Å²) in [6.07, 6.45) is 0. The Hall–Kier alpha value is -2.42. The van der Waals surface area contributed by atoms with Crippen molar-refractivity contribution < 1.29 is 19.1 Å². The van der Waals surface area contributed by atoms with E-state index in [4.69, 9.17) is 16.3 Å². The number of methoxy groups -OCH3 is 1. The van der Waals surface area contributed by atoms with Crippen molar-refractivity contribution in [2.45, 2.75) is 13.8 Å². The van der Waals surface area contributed by atoms with Crippen molar-refractivity contribution in [3.8, 4) is 0 Å². The van der Waals surface area contributed by atoms with Gasteiger partial charge in [-0.1, -0.05) is 11.6 Å². The third kappa shape index (κ3) is 5.00. The van der Waals surface area contributed by atoms with Crippen molar-refractivity contribution in [3.63, 3.8) is 0 Å². The number of carbonyl (C=O) groups is 3. The number of ether oxygens (including phenoxy) is 1. The summed E-state index contributed by atoms with van der Waals surface area (Å²) < 4.78 is 4.84. The standard InChI is InChI=1S/C21H24ClN3O4S/c1-13-14(2)30-19(18(13)21(28)29-3)23-17(26)12-24-8-10-25(11-9-24)20(27)15-4-6-16(22)7-5-15/h4-7H,8-12H2,1-3H3,(H,23,26). The Morgan fingerprint density at radius 3 is 2.33 bits per heavy atom. The van der Waals surface area contributed by atoms with Crippen molar-refractivity contribution >= 4 is 45.7 Å². The number of halogens is 1. The topological polar surface area (TPSA) is 79.0 Å². The van der Waals surface area contributed by atoms with E-state index in [0.29, 0.717) is 47.3 Å². The van der Waals surface area contributed by atoms with Crippen LogP contribution in [0.25, 0.3) is 0 Å². The third-order valence-electron chi connectivity index (χ3n) is 5.15. The van der Waals surface area contributed by atoms with Crippen LogP contribution in [0.4, 0.5) is 5.00 Å². The van der Waals surface area contributed by atoms with E-state index in [0.717, 1.165) is 10.4 Å². The first kappa shape index (κ1) is 22.3. The Kier molecular flexibility index (Phi) is 7.12. The highest BCUT2D eigenvalue weighted by Crippen LogP contribution is 2.32. The number of benzene rings is 1. The monoisotopic (exact) mass is 449 g/mol. The van der Waals surface area contributed by atoms with E-state index in [1.165, 1.54) is 18.4 Å². The number of rotatable bonds is 5. The maximum Gasteiger partial charge on any atom is 0.341 e. The number of esters is 1. The molecule has 0 unspecified atom stereocenters. The van der Waals surface area contributed by atoms with Gasteiger partial charge in [0.1, 0.15) is 5.00 Å². The molecule has 3 rings (SSSR count). The van der Waals surface area contributed by atoms with Gasteiger partial charge in [-0.2, -0.15) is 0 Å². The van der Waals surface area contributed by atoms with Crippen LogP contribution < -0.4 is 5.32 Å². The van der Waals surface area contributed by atoms with Crippen LogP contribution in [0.1, 0.15) is 31.2 Å². The molecule has 0 saturated carbocycles. The van der Waals surface area contributed by atoms with E-state index < -0.39 is 5.97 Å². The number of anilines is 1. The first-order chi connectivity index (χ1) is 14.3. The number of nitrogens with zero attached hydrogens (tertiary/aromatic N) is 2. The van der Waals surface area contributed by atoms with Crippen LogP contribution in [0.2, 0.25) is 5.02 Å². The van der Waals surface area contributed by atoms with Gasteiger partial charge in [0.05, 0.1) is 19.2 Å². The smallest absolute Gasteiger partial charge is 0.341 e. The van der Waals surface area contributed by atoms with Crippen molar-refractivity contribution in [1.82, 2.24) is 9.80 Å². The van der Waals surface area contributed by atoms with Crippen molar-refractivity contribution in [2.24, 2.45) is 0 Å². The average Bonchev–Trinajstić information content (AvgIpc) is 3.01. The Labute approximate surface area is 184 Å². The zero-order valence-electron chi connectivity index (χ0n) is 17.2. The SMILES string of the molecule is COC(=O)c1c(NC(=O)CN2CCN(C(=O)c3ccc(Cl)cc3)CC2)sc(C)c1C. The lowest BCUT2D eigenvalue weighted by Gasteiger charge is -2.34. The molecule has 1 saturated heterocycles. The van der Waals surface area contributed by atoms with Gasteiger partial charge in [-0.15, -0.1) is 11.3 Å². The number of hydrogen-bond donors (Lipinski definition) is 1. The number of nitrogens with one attached hydrogen (secondary N) is 1. The molecule has 0 aliphatic carbocycles. The van der Waals surface area contributed by atoms with Crippen LogP contribution in [-0.2, 0) is 9.53 Å². The van der Waals surface area contributed by atoms with E-state index >= 15 is 0 Å². The lowest BCUT2D eigenvalue weighted by Crippen LogP contribution is -2.50. The maximum absolute atomic E-state index is 12.6. The second-order valence-corrected chi connectivity index (χ2v) is 8.76. The molecule has 1 aliphatic heterocycles. The zero-order valence-corrected chi connectivity index (χ0v) is 18.7. The van der Waals surface area contributed by atoms with Gasteiger partial charge in [0.2, 0.25) is 5.91 Å². The van der Waals surface area contributed by atoms with Crippen LogP contribution in [0.5, 0.6) is 0 Å². The first-order valence-electron chi connectivity index (χ1n) is 9.55. The number of carbonyl (C=O) groups excluding carboxylic acids is 3. The minimum Gasteiger partial charge on any atom is -0.465 e. The van der Waals surface area contributed by atoms with Gasteiger partial charge in [0.15, 0.2) is 0 Å². The quantitative estimate of drug-likeness (QED) is 0.709. The fraction of sp³-hybridized carbons (Fsp3) is 0.381. The highest BCUT2D eigenvalue weighted by molar-refractivity contribution is 7.16. The molecule has 9 heteroatoms. The highest BCUT2D eigenvalue weighted by Gasteiger charge is 2.25. The van der Waals surface area contributed by atoms with Crippen LogP contribution in [0.15, 0.2) is 24.3 Å². The number of piperazine rings is 1. The van der Waals surface area contributed by atoms with E-state index in [9.17, 15) is 14.4 Å². The first-order valence-corrected chi connectivity index (χ1v) is 10.7. The fourth-order valence-electron chi connectivity index (χ4n) is 3.32. The van der Waals surface area contributed by atoms with Crippen LogP contribution in [0.3, 0.4) is 0 Å². The highest BCUT2D eigenvalue weighted by atomic mass is 35.5. The molecule has 1 fully saturated rings. The van der Waals surface area contributed by atoms with Gasteiger partial charge < -0.3 is 15.0 Å².